The number of nitrogens with one attached hydrogen (secondary N) is 1. The van der Waals surface area contributed by atoms with Crippen LogP contribution in [0.1, 0.15) is 23.7 Å². The van der Waals surface area contributed by atoms with Crippen LogP contribution in [0, 0.1) is 5.82 Å². The van der Waals surface area contributed by atoms with Crippen molar-refractivity contribution < 1.29 is 9.18 Å². The first-order valence-electron chi connectivity index (χ1n) is 4.87. The van der Waals surface area contributed by atoms with Crippen LogP contribution in [0.5, 0.6) is 0 Å². The van der Waals surface area contributed by atoms with E-state index in [9.17, 15) is 9.18 Å². The molecule has 0 aliphatic carbocycles. The third kappa shape index (κ3) is 3.46. The number of hydrogen-bond acceptors (Lipinski definition) is 1. The van der Waals surface area contributed by atoms with Crippen LogP contribution in [0.4, 0.5) is 4.39 Å². The average Bonchev–Trinajstić information content (AvgIpc) is 2.22. The summed E-state index contributed by atoms with van der Waals surface area (Å²) >= 11 is 8.61. The van der Waals surface area contributed by atoms with Gasteiger partial charge in [-0.1, -0.05) is 6.07 Å². The number of carbonyl (C=O) groups excluding carboxylic acids is 1. The Morgan fingerprint density at radius 3 is 2.94 bits per heavy atom. The Hall–Kier alpha value is -0.610. The smallest absolute Gasteiger partial charge is 0.252 e. The van der Waals surface area contributed by atoms with Gasteiger partial charge in [-0.05, 0) is 41.4 Å². The molecule has 5 heteroatoms. The summed E-state index contributed by atoms with van der Waals surface area (Å²) in [5.41, 5.74) is 0.293. The van der Waals surface area contributed by atoms with Crippen molar-refractivity contribution in [1.82, 2.24) is 5.32 Å². The van der Waals surface area contributed by atoms with Crippen molar-refractivity contribution in [2.24, 2.45) is 0 Å². The van der Waals surface area contributed by atoms with Gasteiger partial charge < -0.3 is 5.32 Å². The fourth-order valence-corrected chi connectivity index (χ4v) is 1.99. The minimum atomic E-state index is -0.447. The standard InChI is InChI=1S/C11H12BrClFNO/c1-7(5-6-13)15-11(16)8-3-2-4-9(14)10(8)12/h2-4,7H,5-6H2,1H3,(H,15,16). The zero-order valence-electron chi connectivity index (χ0n) is 8.77. The molecule has 0 aromatic heterocycles. The fourth-order valence-electron chi connectivity index (χ4n) is 1.22. The second-order valence-electron chi connectivity index (χ2n) is 3.45. The molecule has 0 fully saturated rings. The largest absolute Gasteiger partial charge is 0.350 e. The van der Waals surface area contributed by atoms with Gasteiger partial charge in [-0.15, -0.1) is 11.6 Å². The van der Waals surface area contributed by atoms with Gasteiger partial charge in [0.15, 0.2) is 0 Å². The zero-order chi connectivity index (χ0) is 12.1. The number of rotatable bonds is 4. The number of benzene rings is 1. The van der Waals surface area contributed by atoms with Gasteiger partial charge in [0.1, 0.15) is 5.82 Å². The molecule has 0 saturated heterocycles. The minimum Gasteiger partial charge on any atom is -0.350 e. The lowest BCUT2D eigenvalue weighted by molar-refractivity contribution is 0.0938. The van der Waals surface area contributed by atoms with Crippen molar-refractivity contribution in [3.05, 3.63) is 34.1 Å². The molecule has 88 valence electrons. The summed E-state index contributed by atoms with van der Waals surface area (Å²) in [5.74, 6) is -0.271. The predicted molar refractivity (Wildman–Crippen MR) is 66.4 cm³/mol. The highest BCUT2D eigenvalue weighted by atomic mass is 79.9. The zero-order valence-corrected chi connectivity index (χ0v) is 11.1. The van der Waals surface area contributed by atoms with E-state index >= 15 is 0 Å². The number of alkyl halides is 1. The fraction of sp³-hybridized carbons (Fsp3) is 0.364. The van der Waals surface area contributed by atoms with Gasteiger partial charge in [0, 0.05) is 11.9 Å². The lowest BCUT2D eigenvalue weighted by Crippen LogP contribution is -2.33. The lowest BCUT2D eigenvalue weighted by atomic mass is 10.2. The summed E-state index contributed by atoms with van der Waals surface area (Å²) in [4.78, 5) is 11.8. The molecule has 0 aliphatic heterocycles. The third-order valence-electron chi connectivity index (χ3n) is 2.12. The summed E-state index contributed by atoms with van der Waals surface area (Å²) in [6.07, 6.45) is 0.681. The Morgan fingerprint density at radius 2 is 2.31 bits per heavy atom. The van der Waals surface area contributed by atoms with Gasteiger partial charge >= 0.3 is 0 Å². The van der Waals surface area contributed by atoms with Gasteiger partial charge in [-0.3, -0.25) is 4.79 Å². The summed E-state index contributed by atoms with van der Waals surface area (Å²) in [6, 6.07) is 4.33. The summed E-state index contributed by atoms with van der Waals surface area (Å²) in [7, 11) is 0. The maximum atomic E-state index is 13.2. The van der Waals surface area contributed by atoms with Crippen molar-refractivity contribution in [2.75, 3.05) is 5.88 Å². The lowest BCUT2D eigenvalue weighted by Gasteiger charge is -2.13. The summed E-state index contributed by atoms with van der Waals surface area (Å²) in [6.45, 7) is 1.85. The van der Waals surface area contributed by atoms with Crippen molar-refractivity contribution in [3.63, 3.8) is 0 Å². The van der Waals surface area contributed by atoms with Crippen molar-refractivity contribution >= 4 is 33.4 Å². The first-order chi connectivity index (χ1) is 7.56. The van der Waals surface area contributed by atoms with Crippen LogP contribution in [0.15, 0.2) is 22.7 Å². The maximum absolute atomic E-state index is 13.2. The molecule has 1 N–H and O–H groups in total. The van der Waals surface area contributed by atoms with Gasteiger partial charge in [0.25, 0.3) is 5.91 Å². The highest BCUT2D eigenvalue weighted by Gasteiger charge is 2.14. The monoisotopic (exact) mass is 307 g/mol. The molecule has 0 aliphatic rings. The molecule has 0 saturated carbocycles. The topological polar surface area (TPSA) is 29.1 Å². The highest BCUT2D eigenvalue weighted by molar-refractivity contribution is 9.10. The predicted octanol–water partition coefficient (Wildman–Crippen LogP) is 3.34. The molecule has 2 nitrogen and oxygen atoms in total. The normalized spacial score (nSPS) is 12.2. The molecule has 1 amide bonds. The molecule has 16 heavy (non-hydrogen) atoms. The van der Waals surface area contributed by atoms with Gasteiger partial charge in [0.05, 0.1) is 10.0 Å². The molecule has 1 rings (SSSR count). The highest BCUT2D eigenvalue weighted by Crippen LogP contribution is 2.20. The molecule has 0 bridgehead atoms. The molecular weight excluding hydrogens is 296 g/mol. The van der Waals surface area contributed by atoms with Crippen LogP contribution < -0.4 is 5.32 Å². The molecule has 1 unspecified atom stereocenters. The van der Waals surface area contributed by atoms with Crippen molar-refractivity contribution in [3.8, 4) is 0 Å². The van der Waals surface area contributed by atoms with Crippen LogP contribution in [0.25, 0.3) is 0 Å². The van der Waals surface area contributed by atoms with E-state index in [1.165, 1.54) is 12.1 Å². The first kappa shape index (κ1) is 13.5. The molecule has 1 aromatic carbocycles. The molecule has 0 radical (unpaired) electrons. The minimum absolute atomic E-state index is 0.0276. The number of hydrogen-bond donors (Lipinski definition) is 1. The van der Waals surface area contributed by atoms with Crippen molar-refractivity contribution in [1.29, 1.82) is 0 Å². The number of halogens is 3. The van der Waals surface area contributed by atoms with E-state index in [-0.39, 0.29) is 16.4 Å². The molecule has 1 atom stereocenters. The second-order valence-corrected chi connectivity index (χ2v) is 4.62. The quantitative estimate of drug-likeness (QED) is 0.849. The Bertz CT molecular complexity index is 386. The van der Waals surface area contributed by atoms with Gasteiger partial charge in [-0.2, -0.15) is 0 Å². The van der Waals surface area contributed by atoms with Crippen LogP contribution in [0.2, 0.25) is 0 Å². The van der Waals surface area contributed by atoms with Crippen LogP contribution >= 0.6 is 27.5 Å². The number of carbonyl (C=O) groups is 1. The van der Waals surface area contributed by atoms with Gasteiger partial charge in [-0.25, -0.2) is 4.39 Å². The SMILES string of the molecule is CC(CCCl)NC(=O)c1cccc(F)c1Br. The van der Waals surface area contributed by atoms with Gasteiger partial charge in [0.2, 0.25) is 0 Å². The Morgan fingerprint density at radius 1 is 1.62 bits per heavy atom. The average molecular weight is 309 g/mol. The Kier molecular flexibility index (Phi) is 5.22. The van der Waals surface area contributed by atoms with Crippen LogP contribution in [-0.4, -0.2) is 17.8 Å². The first-order valence-corrected chi connectivity index (χ1v) is 6.20. The van der Waals surface area contributed by atoms with Crippen LogP contribution in [0.3, 0.4) is 0 Å². The van der Waals surface area contributed by atoms with Crippen LogP contribution in [-0.2, 0) is 0 Å². The molecule has 0 spiro atoms. The summed E-state index contributed by atoms with van der Waals surface area (Å²) < 4.78 is 13.4. The van der Waals surface area contributed by atoms with E-state index < -0.39 is 5.82 Å². The van der Waals surface area contributed by atoms with E-state index in [1.54, 1.807) is 6.07 Å². The van der Waals surface area contributed by atoms with E-state index in [4.69, 9.17) is 11.6 Å². The summed E-state index contributed by atoms with van der Waals surface area (Å²) in [5, 5.41) is 2.75. The Balaban J connectivity index is 2.77. The van der Waals surface area contributed by atoms with Crippen molar-refractivity contribution in [2.45, 2.75) is 19.4 Å². The maximum Gasteiger partial charge on any atom is 0.252 e. The third-order valence-corrected chi connectivity index (χ3v) is 3.14. The number of amides is 1. The molecule has 1 aromatic rings. The van der Waals surface area contributed by atoms with E-state index in [0.29, 0.717) is 17.9 Å². The van der Waals surface area contributed by atoms with E-state index in [0.717, 1.165) is 0 Å². The van der Waals surface area contributed by atoms with E-state index in [1.807, 2.05) is 6.92 Å². The Labute approximate surface area is 107 Å². The van der Waals surface area contributed by atoms with E-state index in [2.05, 4.69) is 21.2 Å². The molecule has 0 heterocycles. The second kappa shape index (κ2) is 6.21. The molecular formula is C11H12BrClFNO.